The Bertz CT molecular complexity index is 480. The fourth-order valence-electron chi connectivity index (χ4n) is 3.09. The molecule has 1 heterocycles. The van der Waals surface area contributed by atoms with Crippen LogP contribution in [-0.2, 0) is 6.54 Å². The van der Waals surface area contributed by atoms with Crippen molar-refractivity contribution in [3.8, 4) is 0 Å². The van der Waals surface area contributed by atoms with Crippen LogP contribution >= 0.6 is 0 Å². The van der Waals surface area contributed by atoms with E-state index in [0.717, 1.165) is 45.0 Å². The number of hydrogen-bond acceptors (Lipinski definition) is 3. The van der Waals surface area contributed by atoms with Crippen LogP contribution in [0.15, 0.2) is 35.3 Å². The van der Waals surface area contributed by atoms with Crippen LogP contribution in [0.1, 0.15) is 32.3 Å². The van der Waals surface area contributed by atoms with Crippen LogP contribution in [0, 0.1) is 0 Å². The number of guanidine groups is 1. The van der Waals surface area contributed by atoms with E-state index in [-0.39, 0.29) is 0 Å². The summed E-state index contributed by atoms with van der Waals surface area (Å²) in [5.41, 5.74) is 1.42. The van der Waals surface area contributed by atoms with Crippen molar-refractivity contribution < 1.29 is 0 Å². The second-order valence-corrected chi connectivity index (χ2v) is 6.64. The van der Waals surface area contributed by atoms with E-state index in [4.69, 9.17) is 0 Å². The van der Waals surface area contributed by atoms with Gasteiger partial charge in [-0.15, -0.1) is 0 Å². The van der Waals surface area contributed by atoms with Crippen molar-refractivity contribution in [3.63, 3.8) is 0 Å². The third kappa shape index (κ3) is 7.88. The number of nitrogens with one attached hydrogen (secondary N) is 2. The molecule has 1 aromatic rings. The Morgan fingerprint density at radius 1 is 1.00 bits per heavy atom. The summed E-state index contributed by atoms with van der Waals surface area (Å²) >= 11 is 0. The van der Waals surface area contributed by atoms with Crippen LogP contribution in [0.25, 0.3) is 0 Å². The van der Waals surface area contributed by atoms with E-state index in [0.29, 0.717) is 0 Å². The minimum atomic E-state index is 0.888. The second-order valence-electron chi connectivity index (χ2n) is 6.64. The van der Waals surface area contributed by atoms with E-state index in [1.165, 1.54) is 38.3 Å². The second kappa shape index (κ2) is 11.9. The predicted octanol–water partition coefficient (Wildman–Crippen LogP) is 2.16. The van der Waals surface area contributed by atoms with E-state index in [1.807, 2.05) is 0 Å². The van der Waals surface area contributed by atoms with Crippen molar-refractivity contribution >= 4 is 5.96 Å². The number of nitrogens with zero attached hydrogens (tertiary/aromatic N) is 3. The molecule has 0 bridgehead atoms. The Hall–Kier alpha value is -1.59. The maximum atomic E-state index is 4.54. The minimum Gasteiger partial charge on any atom is -0.357 e. The number of aliphatic imine (C=N–C) groups is 1. The molecule has 25 heavy (non-hydrogen) atoms. The number of rotatable bonds is 9. The molecule has 1 fully saturated rings. The van der Waals surface area contributed by atoms with Gasteiger partial charge in [0.25, 0.3) is 0 Å². The molecule has 1 aliphatic rings. The first-order valence-corrected chi connectivity index (χ1v) is 9.82. The first-order valence-electron chi connectivity index (χ1n) is 9.82. The first-order chi connectivity index (χ1) is 12.3. The van der Waals surface area contributed by atoms with Gasteiger partial charge in [-0.3, -0.25) is 9.89 Å². The first kappa shape index (κ1) is 19.7. The lowest BCUT2D eigenvalue weighted by molar-refractivity contribution is 0.126. The molecule has 1 aliphatic heterocycles. The van der Waals surface area contributed by atoms with Gasteiger partial charge in [0, 0.05) is 52.4 Å². The summed E-state index contributed by atoms with van der Waals surface area (Å²) in [6.45, 7) is 14.0. The molecule has 140 valence electrons. The van der Waals surface area contributed by atoms with Crippen molar-refractivity contribution in [1.82, 2.24) is 20.4 Å². The topological polar surface area (TPSA) is 42.9 Å². The quantitative estimate of drug-likeness (QED) is 0.409. The fourth-order valence-corrected chi connectivity index (χ4v) is 3.09. The highest BCUT2D eigenvalue weighted by molar-refractivity contribution is 5.79. The van der Waals surface area contributed by atoms with Crippen molar-refractivity contribution in [2.45, 2.75) is 33.2 Å². The fraction of sp³-hybridized carbons (Fsp3) is 0.650. The molecule has 0 aromatic heterocycles. The van der Waals surface area contributed by atoms with Crippen LogP contribution in [0.3, 0.4) is 0 Å². The summed E-state index contributed by atoms with van der Waals surface area (Å²) in [5.74, 6) is 0.956. The van der Waals surface area contributed by atoms with E-state index in [9.17, 15) is 0 Å². The largest absolute Gasteiger partial charge is 0.357 e. The molecule has 1 saturated heterocycles. The summed E-state index contributed by atoms with van der Waals surface area (Å²) in [6, 6.07) is 10.8. The molecular weight excluding hydrogens is 310 g/mol. The van der Waals surface area contributed by atoms with Crippen molar-refractivity contribution in [3.05, 3.63) is 35.9 Å². The van der Waals surface area contributed by atoms with Gasteiger partial charge >= 0.3 is 0 Å². The van der Waals surface area contributed by atoms with Crippen LogP contribution in [0.5, 0.6) is 0 Å². The zero-order valence-corrected chi connectivity index (χ0v) is 16.0. The Morgan fingerprint density at radius 3 is 2.40 bits per heavy atom. The normalized spacial score (nSPS) is 16.8. The lowest BCUT2D eigenvalue weighted by Gasteiger charge is -2.34. The van der Waals surface area contributed by atoms with Gasteiger partial charge in [-0.2, -0.15) is 0 Å². The highest BCUT2D eigenvalue weighted by Crippen LogP contribution is 2.08. The number of benzene rings is 1. The standard InChI is InChI=1S/C20H35N5/c1-3-11-22-20(21-4-2)23-12-8-13-24-14-16-25(17-15-24)18-19-9-6-5-7-10-19/h5-7,9-10H,3-4,8,11-18H2,1-2H3,(H2,21,22,23). The third-order valence-corrected chi connectivity index (χ3v) is 4.50. The van der Waals surface area contributed by atoms with Crippen molar-refractivity contribution in [2.75, 3.05) is 52.4 Å². The van der Waals surface area contributed by atoms with Gasteiger partial charge in [0.15, 0.2) is 5.96 Å². The maximum Gasteiger partial charge on any atom is 0.191 e. The molecule has 5 nitrogen and oxygen atoms in total. The molecule has 2 N–H and O–H groups in total. The summed E-state index contributed by atoms with van der Waals surface area (Å²) in [4.78, 5) is 9.68. The molecule has 5 heteroatoms. The van der Waals surface area contributed by atoms with Crippen LogP contribution in [-0.4, -0.2) is 68.1 Å². The summed E-state index contributed by atoms with van der Waals surface area (Å²) in [5, 5.41) is 6.74. The molecule has 0 saturated carbocycles. The summed E-state index contributed by atoms with van der Waals surface area (Å²) in [7, 11) is 0. The molecule has 0 atom stereocenters. The molecule has 1 aromatic carbocycles. The van der Waals surface area contributed by atoms with Gasteiger partial charge in [0.05, 0.1) is 0 Å². The Labute approximate surface area is 153 Å². The summed E-state index contributed by atoms with van der Waals surface area (Å²) < 4.78 is 0. The van der Waals surface area contributed by atoms with Crippen molar-refractivity contribution in [1.29, 1.82) is 0 Å². The average molecular weight is 346 g/mol. The molecular formula is C20H35N5. The maximum absolute atomic E-state index is 4.54. The van der Waals surface area contributed by atoms with Gasteiger partial charge in [-0.25, -0.2) is 0 Å². The molecule has 0 amide bonds. The van der Waals surface area contributed by atoms with Crippen LogP contribution in [0.4, 0.5) is 0 Å². The lowest BCUT2D eigenvalue weighted by atomic mass is 10.2. The van der Waals surface area contributed by atoms with Gasteiger partial charge < -0.3 is 15.5 Å². The van der Waals surface area contributed by atoms with Gasteiger partial charge in [-0.1, -0.05) is 37.3 Å². The van der Waals surface area contributed by atoms with E-state index >= 15 is 0 Å². The van der Waals surface area contributed by atoms with Crippen LogP contribution in [0.2, 0.25) is 0 Å². The van der Waals surface area contributed by atoms with Crippen LogP contribution < -0.4 is 10.6 Å². The zero-order valence-electron chi connectivity index (χ0n) is 16.0. The zero-order chi connectivity index (χ0) is 17.7. The Balaban J connectivity index is 1.59. The molecule has 2 rings (SSSR count). The van der Waals surface area contributed by atoms with E-state index in [2.05, 4.69) is 69.6 Å². The number of hydrogen-bond donors (Lipinski definition) is 2. The SMILES string of the molecule is CCCN=C(NCC)NCCCN1CCN(Cc2ccccc2)CC1. The van der Waals surface area contributed by atoms with E-state index in [1.54, 1.807) is 0 Å². The molecule has 0 aliphatic carbocycles. The average Bonchev–Trinajstić information content (AvgIpc) is 2.65. The van der Waals surface area contributed by atoms with Gasteiger partial charge in [0.1, 0.15) is 0 Å². The lowest BCUT2D eigenvalue weighted by Crippen LogP contribution is -2.46. The highest BCUT2D eigenvalue weighted by Gasteiger charge is 2.16. The Morgan fingerprint density at radius 2 is 1.72 bits per heavy atom. The van der Waals surface area contributed by atoms with Gasteiger partial charge in [0.2, 0.25) is 0 Å². The third-order valence-electron chi connectivity index (χ3n) is 4.50. The minimum absolute atomic E-state index is 0.888. The predicted molar refractivity (Wildman–Crippen MR) is 107 cm³/mol. The smallest absolute Gasteiger partial charge is 0.191 e. The highest BCUT2D eigenvalue weighted by atomic mass is 15.3. The molecule has 0 radical (unpaired) electrons. The van der Waals surface area contributed by atoms with E-state index < -0.39 is 0 Å². The monoisotopic (exact) mass is 345 g/mol. The summed E-state index contributed by atoms with van der Waals surface area (Å²) in [6.07, 6.45) is 2.25. The van der Waals surface area contributed by atoms with Gasteiger partial charge in [-0.05, 0) is 31.9 Å². The molecule has 0 unspecified atom stereocenters. The van der Waals surface area contributed by atoms with Crippen molar-refractivity contribution in [2.24, 2.45) is 4.99 Å². The Kier molecular flexibility index (Phi) is 9.37. The number of piperazine rings is 1. The molecule has 0 spiro atoms.